The maximum atomic E-state index is 8.31. The Bertz CT molecular complexity index is 164. The van der Waals surface area contributed by atoms with Crippen LogP contribution in [0, 0.1) is 17.4 Å². The maximum absolute atomic E-state index is 8.31. The summed E-state index contributed by atoms with van der Waals surface area (Å²) in [6, 6.07) is 0.226. The lowest BCUT2D eigenvalue weighted by atomic mass is 9.85. The van der Waals surface area contributed by atoms with Crippen LogP contribution >= 0.6 is 0 Å². The van der Waals surface area contributed by atoms with Gasteiger partial charge >= 0.3 is 0 Å². The Hall–Kier alpha value is -0.750. The third-order valence-corrected chi connectivity index (χ3v) is 2.37. The molecule has 0 bridgehead atoms. The molecule has 0 amide bonds. The van der Waals surface area contributed by atoms with Crippen LogP contribution in [0.4, 0.5) is 0 Å². The summed E-state index contributed by atoms with van der Waals surface area (Å²) in [6.07, 6.45) is 4.76. The summed E-state index contributed by atoms with van der Waals surface area (Å²) >= 11 is 0. The highest BCUT2D eigenvalue weighted by Crippen LogP contribution is 2.25. The van der Waals surface area contributed by atoms with E-state index in [-0.39, 0.29) is 12.1 Å². The van der Waals surface area contributed by atoms with E-state index < -0.39 is 0 Å². The average molecular weight is 154 g/mol. The molecule has 0 aromatic carbocycles. The molecule has 2 N–H and O–H groups in total. The second-order valence-electron chi connectivity index (χ2n) is 3.30. The predicted molar refractivity (Wildman–Crippen MR) is 41.5 cm³/mol. The van der Waals surface area contributed by atoms with Gasteiger partial charge in [-0.05, 0) is 18.8 Å². The Kier molecular flexibility index (Phi) is 2.72. The van der Waals surface area contributed by atoms with Crippen molar-refractivity contribution in [3.63, 3.8) is 0 Å². The molecular formula is C8H14N2O. The maximum Gasteiger partial charge on any atom is 0.286 e. The molecule has 11 heavy (non-hydrogen) atoms. The first-order valence-electron chi connectivity index (χ1n) is 4.04. The molecule has 3 heteroatoms. The number of hydrogen-bond donors (Lipinski definition) is 1. The molecule has 3 atom stereocenters. The van der Waals surface area contributed by atoms with E-state index in [1.54, 1.807) is 6.26 Å². The summed E-state index contributed by atoms with van der Waals surface area (Å²) in [5, 5.41) is 8.31. The quantitative estimate of drug-likeness (QED) is 0.573. The number of nitrogens with zero attached hydrogens (tertiary/aromatic N) is 1. The standard InChI is InChI=1S/C8H14N2O/c1-6-2-3-7(10)4-8(6)11-5-9/h6-8H,2-4,10H2,1H3. The van der Waals surface area contributed by atoms with Crippen LogP contribution < -0.4 is 5.73 Å². The van der Waals surface area contributed by atoms with Crippen molar-refractivity contribution >= 4 is 0 Å². The number of rotatable bonds is 1. The van der Waals surface area contributed by atoms with Gasteiger partial charge < -0.3 is 10.5 Å². The van der Waals surface area contributed by atoms with Crippen LogP contribution in [0.2, 0.25) is 0 Å². The summed E-state index contributed by atoms with van der Waals surface area (Å²) in [6.45, 7) is 2.11. The van der Waals surface area contributed by atoms with Crippen molar-refractivity contribution in [1.82, 2.24) is 0 Å². The zero-order chi connectivity index (χ0) is 8.27. The minimum Gasteiger partial charge on any atom is -0.424 e. The molecule has 1 saturated carbocycles. The lowest BCUT2D eigenvalue weighted by Crippen LogP contribution is -2.36. The van der Waals surface area contributed by atoms with Crippen LogP contribution in [-0.4, -0.2) is 12.1 Å². The third-order valence-electron chi connectivity index (χ3n) is 2.37. The Morgan fingerprint density at radius 3 is 2.91 bits per heavy atom. The molecule has 0 heterocycles. The van der Waals surface area contributed by atoms with Crippen LogP contribution in [0.15, 0.2) is 0 Å². The highest BCUT2D eigenvalue weighted by Gasteiger charge is 2.26. The van der Waals surface area contributed by atoms with E-state index in [9.17, 15) is 0 Å². The zero-order valence-electron chi connectivity index (χ0n) is 6.79. The van der Waals surface area contributed by atoms with Gasteiger partial charge in [-0.1, -0.05) is 6.92 Å². The second-order valence-corrected chi connectivity index (χ2v) is 3.30. The van der Waals surface area contributed by atoms with E-state index in [2.05, 4.69) is 6.92 Å². The van der Waals surface area contributed by atoms with Gasteiger partial charge in [-0.3, -0.25) is 0 Å². The molecule has 1 fully saturated rings. The molecule has 0 aliphatic heterocycles. The number of nitrogens with two attached hydrogens (primary N) is 1. The van der Waals surface area contributed by atoms with Gasteiger partial charge in [0.05, 0.1) is 0 Å². The summed E-state index contributed by atoms with van der Waals surface area (Å²) in [5.41, 5.74) is 5.73. The first-order chi connectivity index (χ1) is 5.24. The summed E-state index contributed by atoms with van der Waals surface area (Å²) in [4.78, 5) is 0. The van der Waals surface area contributed by atoms with Crippen molar-refractivity contribution in [2.75, 3.05) is 0 Å². The van der Waals surface area contributed by atoms with Crippen LogP contribution in [0.1, 0.15) is 26.2 Å². The van der Waals surface area contributed by atoms with Gasteiger partial charge in [-0.25, -0.2) is 0 Å². The van der Waals surface area contributed by atoms with Crippen molar-refractivity contribution in [3.8, 4) is 6.26 Å². The molecule has 1 rings (SSSR count). The first kappa shape index (κ1) is 8.35. The highest BCUT2D eigenvalue weighted by molar-refractivity contribution is 4.81. The Labute approximate surface area is 67.1 Å². The van der Waals surface area contributed by atoms with E-state index in [0.717, 1.165) is 19.3 Å². The van der Waals surface area contributed by atoms with E-state index in [4.69, 9.17) is 15.7 Å². The van der Waals surface area contributed by atoms with Crippen molar-refractivity contribution in [1.29, 1.82) is 5.26 Å². The molecule has 1 aliphatic rings. The normalized spacial score (nSPS) is 37.7. The van der Waals surface area contributed by atoms with Crippen LogP contribution in [-0.2, 0) is 4.74 Å². The topological polar surface area (TPSA) is 59.0 Å². The summed E-state index contributed by atoms with van der Waals surface area (Å²) < 4.78 is 4.89. The molecule has 0 spiro atoms. The molecule has 0 aromatic heterocycles. The van der Waals surface area contributed by atoms with Gasteiger partial charge in [0.1, 0.15) is 6.10 Å². The Morgan fingerprint density at radius 2 is 2.27 bits per heavy atom. The predicted octanol–water partition coefficient (Wildman–Crippen LogP) is 1.000. The monoisotopic (exact) mass is 154 g/mol. The zero-order valence-corrected chi connectivity index (χ0v) is 6.79. The minimum atomic E-state index is 0.0590. The number of hydrogen-bond acceptors (Lipinski definition) is 3. The molecular weight excluding hydrogens is 140 g/mol. The molecule has 0 saturated heterocycles. The largest absolute Gasteiger partial charge is 0.424 e. The highest BCUT2D eigenvalue weighted by atomic mass is 16.5. The Balaban J connectivity index is 2.42. The fourth-order valence-electron chi connectivity index (χ4n) is 1.54. The first-order valence-corrected chi connectivity index (χ1v) is 4.04. The van der Waals surface area contributed by atoms with Crippen LogP contribution in [0.25, 0.3) is 0 Å². The summed E-state index contributed by atoms with van der Waals surface area (Å²) in [5.74, 6) is 0.481. The van der Waals surface area contributed by atoms with Gasteiger partial charge in [-0.2, -0.15) is 5.26 Å². The third kappa shape index (κ3) is 2.09. The SMILES string of the molecule is CC1CCC(N)CC1OC#N. The number of nitriles is 1. The van der Waals surface area contributed by atoms with Gasteiger partial charge in [0.25, 0.3) is 6.26 Å². The van der Waals surface area contributed by atoms with Crippen molar-refractivity contribution in [2.24, 2.45) is 11.7 Å². The van der Waals surface area contributed by atoms with Gasteiger partial charge in [0.2, 0.25) is 0 Å². The smallest absolute Gasteiger partial charge is 0.286 e. The molecule has 62 valence electrons. The van der Waals surface area contributed by atoms with Gasteiger partial charge in [-0.15, -0.1) is 0 Å². The molecule has 0 aromatic rings. The van der Waals surface area contributed by atoms with Crippen molar-refractivity contribution in [3.05, 3.63) is 0 Å². The second kappa shape index (κ2) is 3.59. The lowest BCUT2D eigenvalue weighted by molar-refractivity contribution is 0.0648. The van der Waals surface area contributed by atoms with E-state index in [0.29, 0.717) is 5.92 Å². The number of ether oxygens (including phenoxy) is 1. The van der Waals surface area contributed by atoms with E-state index >= 15 is 0 Å². The lowest BCUT2D eigenvalue weighted by Gasteiger charge is -2.29. The fraction of sp³-hybridized carbons (Fsp3) is 0.875. The van der Waals surface area contributed by atoms with Gasteiger partial charge in [0, 0.05) is 12.5 Å². The van der Waals surface area contributed by atoms with Crippen molar-refractivity contribution in [2.45, 2.75) is 38.3 Å². The van der Waals surface area contributed by atoms with Crippen molar-refractivity contribution < 1.29 is 4.74 Å². The molecule has 1 aliphatic carbocycles. The minimum absolute atomic E-state index is 0.0590. The summed E-state index contributed by atoms with van der Waals surface area (Å²) in [7, 11) is 0. The Morgan fingerprint density at radius 1 is 1.55 bits per heavy atom. The van der Waals surface area contributed by atoms with Gasteiger partial charge in [0.15, 0.2) is 0 Å². The molecule has 3 nitrogen and oxygen atoms in total. The molecule has 0 radical (unpaired) electrons. The van der Waals surface area contributed by atoms with Crippen LogP contribution in [0.5, 0.6) is 0 Å². The van der Waals surface area contributed by atoms with E-state index in [1.807, 2.05) is 0 Å². The molecule has 3 unspecified atom stereocenters. The average Bonchev–Trinajstić information content (AvgIpc) is 1.98. The fourth-order valence-corrected chi connectivity index (χ4v) is 1.54. The van der Waals surface area contributed by atoms with Crippen LogP contribution in [0.3, 0.4) is 0 Å². The van der Waals surface area contributed by atoms with E-state index in [1.165, 1.54) is 0 Å².